The Kier molecular flexibility index (Phi) is 5.77. The fourth-order valence-corrected chi connectivity index (χ4v) is 5.50. The number of thioether (sulfide) groups is 1. The number of nitriles is 1. The highest BCUT2D eigenvalue weighted by Gasteiger charge is 2.24. The molecule has 0 saturated carbocycles. The third-order valence-corrected chi connectivity index (χ3v) is 7.29. The molecule has 0 unspecified atom stereocenters. The van der Waals surface area contributed by atoms with Gasteiger partial charge in [0.1, 0.15) is 16.8 Å². The van der Waals surface area contributed by atoms with Gasteiger partial charge in [0, 0.05) is 23.1 Å². The Morgan fingerprint density at radius 3 is 2.93 bits per heavy atom. The van der Waals surface area contributed by atoms with Gasteiger partial charge in [0.05, 0.1) is 9.90 Å². The third-order valence-electron chi connectivity index (χ3n) is 4.99. The fraction of sp³-hybridized carbons (Fsp3) is 0.400. The van der Waals surface area contributed by atoms with Gasteiger partial charge in [-0.1, -0.05) is 5.16 Å². The zero-order chi connectivity index (χ0) is 18.6. The summed E-state index contributed by atoms with van der Waals surface area (Å²) in [5.74, 6) is 1.17. The van der Waals surface area contributed by atoms with Crippen molar-refractivity contribution in [2.24, 2.45) is 0 Å². The van der Waals surface area contributed by atoms with Crippen LogP contribution in [0.25, 0.3) is 11.0 Å². The van der Waals surface area contributed by atoms with E-state index in [-0.39, 0.29) is 5.82 Å². The Labute approximate surface area is 165 Å². The average molecular weight is 402 g/mol. The molecule has 4 rings (SSSR count). The largest absolute Gasteiger partial charge is 0.356 e. The smallest absolute Gasteiger partial charge is 0.170 e. The first-order valence-electron chi connectivity index (χ1n) is 9.13. The topological polar surface area (TPSA) is 53.1 Å². The molecule has 0 aliphatic carbocycles. The predicted molar refractivity (Wildman–Crippen MR) is 107 cm³/mol. The van der Waals surface area contributed by atoms with E-state index >= 15 is 0 Å². The van der Waals surface area contributed by atoms with Crippen LogP contribution in [0.4, 0.5) is 4.39 Å². The van der Waals surface area contributed by atoms with Crippen molar-refractivity contribution >= 4 is 34.1 Å². The van der Waals surface area contributed by atoms with E-state index in [1.165, 1.54) is 16.3 Å². The second kappa shape index (κ2) is 8.42. The van der Waals surface area contributed by atoms with Gasteiger partial charge >= 0.3 is 0 Å². The Morgan fingerprint density at radius 1 is 1.30 bits per heavy atom. The number of hydrogen-bond acceptors (Lipinski definition) is 6. The molecule has 7 heteroatoms. The van der Waals surface area contributed by atoms with E-state index in [1.54, 1.807) is 17.4 Å². The summed E-state index contributed by atoms with van der Waals surface area (Å²) in [5, 5.41) is 14.0. The minimum absolute atomic E-state index is 0.288. The van der Waals surface area contributed by atoms with Crippen molar-refractivity contribution in [3.05, 3.63) is 46.7 Å². The molecule has 0 N–H and O–H groups in total. The highest BCUT2D eigenvalue weighted by Crippen LogP contribution is 2.33. The van der Waals surface area contributed by atoms with Crippen molar-refractivity contribution in [2.75, 3.05) is 25.4 Å². The molecule has 0 amide bonds. The van der Waals surface area contributed by atoms with Gasteiger partial charge in [0.2, 0.25) is 0 Å². The summed E-state index contributed by atoms with van der Waals surface area (Å²) in [6, 6.07) is 10.8. The SMILES string of the molecule is N#Cc1ccc(SCCCN2CCC(c3noc4cc(F)ccc34)CC2)s1. The van der Waals surface area contributed by atoms with Crippen molar-refractivity contribution in [1.82, 2.24) is 10.1 Å². The van der Waals surface area contributed by atoms with Gasteiger partial charge in [0.25, 0.3) is 0 Å². The molecule has 1 aliphatic rings. The van der Waals surface area contributed by atoms with E-state index in [4.69, 9.17) is 9.78 Å². The van der Waals surface area contributed by atoms with Crippen LogP contribution in [-0.4, -0.2) is 35.4 Å². The highest BCUT2D eigenvalue weighted by molar-refractivity contribution is 8.01. The van der Waals surface area contributed by atoms with Gasteiger partial charge in [-0.25, -0.2) is 4.39 Å². The molecule has 1 aromatic carbocycles. The minimum atomic E-state index is -0.288. The maximum Gasteiger partial charge on any atom is 0.170 e. The number of thiophene rings is 1. The van der Waals surface area contributed by atoms with Crippen LogP contribution in [0.1, 0.15) is 35.8 Å². The molecular weight excluding hydrogens is 381 g/mol. The normalized spacial score (nSPS) is 16.0. The number of likely N-dealkylation sites (tertiary alicyclic amines) is 1. The minimum Gasteiger partial charge on any atom is -0.356 e. The van der Waals surface area contributed by atoms with Crippen LogP contribution >= 0.6 is 23.1 Å². The molecule has 0 spiro atoms. The van der Waals surface area contributed by atoms with E-state index in [0.717, 1.165) is 60.6 Å². The van der Waals surface area contributed by atoms with Crippen LogP contribution in [0.15, 0.2) is 39.1 Å². The molecule has 0 bridgehead atoms. The molecular formula is C20H20FN3OS2. The number of aromatic nitrogens is 1. The molecule has 1 saturated heterocycles. The molecule has 1 aliphatic heterocycles. The second-order valence-corrected chi connectivity index (χ2v) is 9.24. The van der Waals surface area contributed by atoms with E-state index < -0.39 is 0 Å². The molecule has 27 heavy (non-hydrogen) atoms. The van der Waals surface area contributed by atoms with Gasteiger partial charge in [-0.2, -0.15) is 5.26 Å². The number of benzene rings is 1. The lowest BCUT2D eigenvalue weighted by Gasteiger charge is -2.31. The molecule has 3 aromatic rings. The quantitative estimate of drug-likeness (QED) is 0.416. The number of halogens is 1. The van der Waals surface area contributed by atoms with Crippen molar-refractivity contribution in [3.8, 4) is 6.07 Å². The summed E-state index contributed by atoms with van der Waals surface area (Å²) in [6.45, 7) is 3.21. The molecule has 140 valence electrons. The number of piperidine rings is 1. The Hall–Kier alpha value is -1.88. The summed E-state index contributed by atoms with van der Waals surface area (Å²) in [4.78, 5) is 3.29. The monoisotopic (exact) mass is 401 g/mol. The van der Waals surface area contributed by atoms with Crippen LogP contribution < -0.4 is 0 Å². The zero-order valence-corrected chi connectivity index (χ0v) is 16.5. The Bertz CT molecular complexity index is 954. The first-order valence-corrected chi connectivity index (χ1v) is 10.9. The molecule has 0 radical (unpaired) electrons. The summed E-state index contributed by atoms with van der Waals surface area (Å²) in [5.41, 5.74) is 1.52. The van der Waals surface area contributed by atoms with Crippen LogP contribution in [0.3, 0.4) is 0 Å². The van der Waals surface area contributed by atoms with Gasteiger partial charge in [-0.05, 0) is 63.2 Å². The van der Waals surface area contributed by atoms with Gasteiger partial charge in [-0.15, -0.1) is 23.1 Å². The van der Waals surface area contributed by atoms with Crippen LogP contribution in [0.2, 0.25) is 0 Å². The lowest BCUT2D eigenvalue weighted by Crippen LogP contribution is -2.34. The van der Waals surface area contributed by atoms with E-state index in [9.17, 15) is 4.39 Å². The van der Waals surface area contributed by atoms with Gasteiger partial charge in [0.15, 0.2) is 5.58 Å². The summed E-state index contributed by atoms with van der Waals surface area (Å²) >= 11 is 3.40. The zero-order valence-electron chi connectivity index (χ0n) is 14.9. The van der Waals surface area contributed by atoms with Crippen molar-refractivity contribution in [3.63, 3.8) is 0 Å². The number of hydrogen-bond donors (Lipinski definition) is 0. The molecule has 1 fully saturated rings. The van der Waals surface area contributed by atoms with E-state index in [2.05, 4.69) is 16.1 Å². The molecule has 3 heterocycles. The third kappa shape index (κ3) is 4.34. The summed E-state index contributed by atoms with van der Waals surface area (Å²) in [6.07, 6.45) is 3.26. The average Bonchev–Trinajstić information content (AvgIpc) is 3.32. The van der Waals surface area contributed by atoms with Gasteiger partial charge in [-0.3, -0.25) is 0 Å². The number of fused-ring (bicyclic) bond motifs is 1. The molecule has 2 aromatic heterocycles. The molecule has 0 atom stereocenters. The standard InChI is InChI=1S/C20H20FN3OS2/c21-15-2-4-17-18(12-15)25-23-20(17)14-6-9-24(10-7-14)8-1-11-26-19-5-3-16(13-22)27-19/h2-5,12,14H,1,6-11H2. The van der Waals surface area contributed by atoms with Crippen molar-refractivity contribution in [1.29, 1.82) is 5.26 Å². The molecule has 4 nitrogen and oxygen atoms in total. The van der Waals surface area contributed by atoms with E-state index in [0.29, 0.717) is 11.5 Å². The fourth-order valence-electron chi connectivity index (χ4n) is 3.57. The highest BCUT2D eigenvalue weighted by atomic mass is 32.2. The lowest BCUT2D eigenvalue weighted by atomic mass is 9.91. The first-order chi connectivity index (χ1) is 13.2. The van der Waals surface area contributed by atoms with Crippen molar-refractivity contribution in [2.45, 2.75) is 29.4 Å². The van der Waals surface area contributed by atoms with Crippen molar-refractivity contribution < 1.29 is 8.91 Å². The summed E-state index contributed by atoms with van der Waals surface area (Å²) in [7, 11) is 0. The maximum atomic E-state index is 13.3. The lowest BCUT2D eigenvalue weighted by molar-refractivity contribution is 0.210. The summed E-state index contributed by atoms with van der Waals surface area (Å²) < 4.78 is 19.8. The number of nitrogens with zero attached hydrogens (tertiary/aromatic N) is 3. The maximum absolute atomic E-state index is 13.3. The van der Waals surface area contributed by atoms with Crippen LogP contribution in [-0.2, 0) is 0 Å². The van der Waals surface area contributed by atoms with Crippen LogP contribution in [0, 0.1) is 17.1 Å². The Morgan fingerprint density at radius 2 is 2.15 bits per heavy atom. The van der Waals surface area contributed by atoms with Crippen LogP contribution in [0.5, 0.6) is 0 Å². The predicted octanol–water partition coefficient (Wildman–Crippen LogP) is 5.26. The van der Waals surface area contributed by atoms with E-state index in [1.807, 2.05) is 23.9 Å². The van der Waals surface area contributed by atoms with Gasteiger partial charge < -0.3 is 9.42 Å². The second-order valence-electron chi connectivity index (χ2n) is 6.76. The number of rotatable bonds is 6. The first kappa shape index (κ1) is 18.5. The Balaban J connectivity index is 1.23.